The number of nitrogens with two attached hydrogens (primary N) is 1. The normalized spacial score (nSPS) is 11.2. The van der Waals surface area contributed by atoms with Gasteiger partial charge in [0.25, 0.3) is 5.91 Å². The Labute approximate surface area is 117 Å². The molecule has 7 heteroatoms. The Hall–Kier alpha value is -1.83. The fraction of sp³-hybridized carbons (Fsp3) is 0.462. The molecule has 1 aromatic rings. The number of anilines is 1. The summed E-state index contributed by atoms with van der Waals surface area (Å²) in [6.07, 6.45) is 0. The second kappa shape index (κ2) is 7.09. The van der Waals surface area contributed by atoms with Crippen LogP contribution in [0.25, 0.3) is 0 Å². The topological polar surface area (TPSA) is 125 Å². The summed E-state index contributed by atoms with van der Waals surface area (Å²) in [4.78, 5) is 12.1. The number of hydrogen-bond acceptors (Lipinski definition) is 6. The third-order valence-corrected chi connectivity index (χ3v) is 2.79. The molecule has 0 unspecified atom stereocenters. The lowest BCUT2D eigenvalue weighted by molar-refractivity contribution is 0.0375. The van der Waals surface area contributed by atoms with Crippen LogP contribution in [0, 0.1) is 0 Å². The molecule has 0 aliphatic carbocycles. The molecule has 1 aromatic carbocycles. The van der Waals surface area contributed by atoms with E-state index in [-0.39, 0.29) is 5.56 Å². The third-order valence-electron chi connectivity index (χ3n) is 2.79. The number of carbonyl (C=O) groups is 1. The summed E-state index contributed by atoms with van der Waals surface area (Å²) in [6.45, 7) is 0.459. The van der Waals surface area contributed by atoms with Crippen LogP contribution in [0.5, 0.6) is 5.75 Å². The first-order valence-electron chi connectivity index (χ1n) is 6.18. The number of nitrogen functional groups attached to an aromatic ring is 1. The highest BCUT2D eigenvalue weighted by Crippen LogP contribution is 2.19. The summed E-state index contributed by atoms with van der Waals surface area (Å²) in [5, 5.41) is 29.9. The predicted molar refractivity (Wildman–Crippen MR) is 73.5 cm³/mol. The summed E-state index contributed by atoms with van der Waals surface area (Å²) >= 11 is 0. The van der Waals surface area contributed by atoms with Gasteiger partial charge in [0.1, 0.15) is 11.3 Å². The van der Waals surface area contributed by atoms with Gasteiger partial charge in [-0.25, -0.2) is 0 Å². The van der Waals surface area contributed by atoms with Gasteiger partial charge in [0, 0.05) is 17.3 Å². The molecule has 0 saturated heterocycles. The number of rotatable bonds is 7. The first-order valence-corrected chi connectivity index (χ1v) is 6.18. The van der Waals surface area contributed by atoms with Gasteiger partial charge in [0.2, 0.25) is 0 Å². The maximum absolute atomic E-state index is 12.1. The number of benzene rings is 1. The van der Waals surface area contributed by atoms with Crippen LogP contribution in [0.15, 0.2) is 18.2 Å². The molecule has 0 aliphatic rings. The molecule has 1 rings (SSSR count). The van der Waals surface area contributed by atoms with E-state index < -0.39 is 31.3 Å². The minimum atomic E-state index is -1.48. The minimum absolute atomic E-state index is 0.216. The summed E-state index contributed by atoms with van der Waals surface area (Å²) < 4.78 is 5.28. The Kier molecular flexibility index (Phi) is 5.75. The Bertz CT molecular complexity index is 452. The molecule has 0 bridgehead atoms. The average molecular weight is 284 g/mol. The van der Waals surface area contributed by atoms with Crippen molar-refractivity contribution in [2.24, 2.45) is 0 Å². The molecule has 0 fully saturated rings. The van der Waals surface area contributed by atoms with Crippen LogP contribution < -0.4 is 15.8 Å². The zero-order chi connectivity index (χ0) is 15.2. The lowest BCUT2D eigenvalue weighted by atomic mass is 10.0. The van der Waals surface area contributed by atoms with E-state index in [1.807, 2.05) is 0 Å². The number of hydrogen-bond donors (Lipinski definition) is 5. The Morgan fingerprint density at radius 2 is 1.85 bits per heavy atom. The van der Waals surface area contributed by atoms with Crippen LogP contribution >= 0.6 is 0 Å². The third kappa shape index (κ3) is 3.83. The number of carbonyl (C=O) groups excluding carboxylic acids is 1. The molecule has 0 aliphatic heterocycles. The van der Waals surface area contributed by atoms with E-state index in [0.29, 0.717) is 18.0 Å². The quantitative estimate of drug-likeness (QED) is 0.414. The lowest BCUT2D eigenvalue weighted by Crippen LogP contribution is -2.57. The molecule has 112 valence electrons. The number of ether oxygens (including phenoxy) is 1. The van der Waals surface area contributed by atoms with Crippen molar-refractivity contribution in [1.29, 1.82) is 0 Å². The standard InChI is InChI=1S/C13H20N2O5/c1-2-20-11-4-9(3-10(14)5-11)12(19)15-13(6-16,7-17)8-18/h3-5,16-18H,2,6-8,14H2,1H3,(H,15,19). The molecule has 6 N–H and O–H groups in total. The second-order valence-electron chi connectivity index (χ2n) is 4.43. The van der Waals surface area contributed by atoms with E-state index in [1.54, 1.807) is 13.0 Å². The molecule has 7 nitrogen and oxygen atoms in total. The highest BCUT2D eigenvalue weighted by Gasteiger charge is 2.30. The van der Waals surface area contributed by atoms with Crippen molar-refractivity contribution in [2.75, 3.05) is 32.2 Å². The van der Waals surface area contributed by atoms with Crippen LogP contribution in [0.1, 0.15) is 17.3 Å². The first-order chi connectivity index (χ1) is 9.50. The Morgan fingerprint density at radius 1 is 1.25 bits per heavy atom. The summed E-state index contributed by atoms with van der Waals surface area (Å²) in [6, 6.07) is 4.51. The number of amides is 1. The molecule has 0 saturated carbocycles. The van der Waals surface area contributed by atoms with Gasteiger partial charge in [-0.3, -0.25) is 4.79 Å². The molecule has 1 amide bonds. The maximum Gasteiger partial charge on any atom is 0.252 e. The molecular weight excluding hydrogens is 264 g/mol. The van der Waals surface area contributed by atoms with E-state index in [0.717, 1.165) is 0 Å². The fourth-order valence-corrected chi connectivity index (χ4v) is 1.58. The summed E-state index contributed by atoms with van der Waals surface area (Å²) in [5.41, 5.74) is 4.77. The van der Waals surface area contributed by atoms with E-state index in [4.69, 9.17) is 10.5 Å². The van der Waals surface area contributed by atoms with Crippen molar-refractivity contribution < 1.29 is 24.9 Å². The largest absolute Gasteiger partial charge is 0.494 e. The highest BCUT2D eigenvalue weighted by atomic mass is 16.5. The van der Waals surface area contributed by atoms with Crippen LogP contribution in [-0.2, 0) is 0 Å². The van der Waals surface area contributed by atoms with Gasteiger partial charge in [0.05, 0.1) is 26.4 Å². The smallest absolute Gasteiger partial charge is 0.252 e. The van der Waals surface area contributed by atoms with Crippen LogP contribution in [0.2, 0.25) is 0 Å². The number of nitrogens with one attached hydrogen (secondary N) is 1. The van der Waals surface area contributed by atoms with E-state index in [9.17, 15) is 20.1 Å². The van der Waals surface area contributed by atoms with Gasteiger partial charge >= 0.3 is 0 Å². The van der Waals surface area contributed by atoms with E-state index in [1.165, 1.54) is 12.1 Å². The zero-order valence-electron chi connectivity index (χ0n) is 11.3. The molecule has 0 heterocycles. The second-order valence-corrected chi connectivity index (χ2v) is 4.43. The summed E-state index contributed by atoms with van der Waals surface area (Å²) in [7, 11) is 0. The molecule has 0 atom stereocenters. The van der Waals surface area contributed by atoms with E-state index in [2.05, 4.69) is 5.32 Å². The highest BCUT2D eigenvalue weighted by molar-refractivity contribution is 5.96. The lowest BCUT2D eigenvalue weighted by Gasteiger charge is -2.28. The SMILES string of the molecule is CCOc1cc(N)cc(C(=O)NC(CO)(CO)CO)c1. The van der Waals surface area contributed by atoms with Gasteiger partial charge < -0.3 is 31.1 Å². The van der Waals surface area contributed by atoms with Crippen molar-refractivity contribution in [3.05, 3.63) is 23.8 Å². The molecule has 0 aromatic heterocycles. The van der Waals surface area contributed by atoms with Crippen molar-refractivity contribution in [3.8, 4) is 5.75 Å². The zero-order valence-corrected chi connectivity index (χ0v) is 11.3. The van der Waals surface area contributed by atoms with Crippen molar-refractivity contribution in [1.82, 2.24) is 5.32 Å². The Balaban J connectivity index is 2.97. The molecule has 0 spiro atoms. The van der Waals surface area contributed by atoms with Gasteiger partial charge in [-0.15, -0.1) is 0 Å². The van der Waals surface area contributed by atoms with E-state index >= 15 is 0 Å². The molecule has 0 radical (unpaired) electrons. The Morgan fingerprint density at radius 3 is 2.35 bits per heavy atom. The maximum atomic E-state index is 12.1. The minimum Gasteiger partial charge on any atom is -0.494 e. The van der Waals surface area contributed by atoms with Crippen LogP contribution in [0.4, 0.5) is 5.69 Å². The van der Waals surface area contributed by atoms with Gasteiger partial charge in [-0.05, 0) is 19.1 Å². The number of aliphatic hydroxyl groups excluding tert-OH is 3. The monoisotopic (exact) mass is 284 g/mol. The van der Waals surface area contributed by atoms with Crippen LogP contribution in [-0.4, -0.2) is 53.2 Å². The van der Waals surface area contributed by atoms with Gasteiger partial charge in [-0.1, -0.05) is 0 Å². The molecular formula is C13H20N2O5. The average Bonchev–Trinajstić information content (AvgIpc) is 2.44. The van der Waals surface area contributed by atoms with Gasteiger partial charge in [0.15, 0.2) is 0 Å². The fourth-order valence-electron chi connectivity index (χ4n) is 1.58. The van der Waals surface area contributed by atoms with Crippen molar-refractivity contribution in [2.45, 2.75) is 12.5 Å². The number of aliphatic hydroxyl groups is 3. The van der Waals surface area contributed by atoms with Crippen LogP contribution in [0.3, 0.4) is 0 Å². The first kappa shape index (κ1) is 16.2. The van der Waals surface area contributed by atoms with Crippen molar-refractivity contribution in [3.63, 3.8) is 0 Å². The van der Waals surface area contributed by atoms with Crippen molar-refractivity contribution >= 4 is 11.6 Å². The molecule has 20 heavy (non-hydrogen) atoms. The van der Waals surface area contributed by atoms with Gasteiger partial charge in [-0.2, -0.15) is 0 Å². The predicted octanol–water partition coefficient (Wildman–Crippen LogP) is -0.887. The summed E-state index contributed by atoms with van der Waals surface area (Å²) in [5.74, 6) is -0.129.